The van der Waals surface area contributed by atoms with Crippen LogP contribution in [0.25, 0.3) is 0 Å². The first-order chi connectivity index (χ1) is 10.3. The van der Waals surface area contributed by atoms with Gasteiger partial charge in [-0.1, -0.05) is 48.0 Å². The van der Waals surface area contributed by atoms with Crippen LogP contribution >= 0.6 is 15.9 Å². The zero-order chi connectivity index (χ0) is 16.3. The Morgan fingerprint density at radius 2 is 1.73 bits per heavy atom. The van der Waals surface area contributed by atoms with Gasteiger partial charge in [-0.05, 0) is 35.7 Å². The van der Waals surface area contributed by atoms with Crippen molar-refractivity contribution in [3.8, 4) is 11.5 Å². The van der Waals surface area contributed by atoms with E-state index in [1.165, 1.54) is 13.2 Å². The smallest absolute Gasteiger partial charge is 0.342 e. The molecular weight excluding hydrogens is 368 g/mol. The molecule has 0 bridgehead atoms. The summed E-state index contributed by atoms with van der Waals surface area (Å²) in [6, 6.07) is 11.9. The third-order valence-electron chi connectivity index (χ3n) is 3.14. The van der Waals surface area contributed by atoms with Gasteiger partial charge in [0.05, 0.1) is 7.11 Å². The summed E-state index contributed by atoms with van der Waals surface area (Å²) in [5.41, 5.74) is 0.833. The van der Waals surface area contributed by atoms with Crippen LogP contribution in [0, 0.1) is 0 Å². The van der Waals surface area contributed by atoms with Gasteiger partial charge in [-0.15, -0.1) is 0 Å². The maximum absolute atomic E-state index is 12.6. The molecular formula is C16H17BrO4S. The molecule has 0 heterocycles. The van der Waals surface area contributed by atoms with Gasteiger partial charge in [0.25, 0.3) is 0 Å². The first kappa shape index (κ1) is 16.8. The number of hydrogen-bond acceptors (Lipinski definition) is 4. The van der Waals surface area contributed by atoms with E-state index in [1.807, 2.05) is 26.0 Å². The van der Waals surface area contributed by atoms with E-state index in [0.29, 0.717) is 10.2 Å². The highest BCUT2D eigenvalue weighted by Crippen LogP contribution is 2.32. The van der Waals surface area contributed by atoms with Crippen LogP contribution in [-0.4, -0.2) is 15.5 Å². The van der Waals surface area contributed by atoms with Crippen LogP contribution in [0.1, 0.15) is 25.3 Å². The minimum atomic E-state index is -3.99. The van der Waals surface area contributed by atoms with Gasteiger partial charge in [-0.25, -0.2) is 0 Å². The molecule has 0 aliphatic carbocycles. The van der Waals surface area contributed by atoms with Crippen LogP contribution in [0.15, 0.2) is 51.8 Å². The first-order valence-corrected chi connectivity index (χ1v) is 8.92. The predicted octanol–water partition coefficient (Wildman–Crippen LogP) is 4.35. The van der Waals surface area contributed by atoms with E-state index in [0.717, 1.165) is 5.56 Å². The van der Waals surface area contributed by atoms with Crippen LogP contribution in [0.4, 0.5) is 0 Å². The van der Waals surface area contributed by atoms with Crippen LogP contribution in [0.5, 0.6) is 11.5 Å². The summed E-state index contributed by atoms with van der Waals surface area (Å²) in [4.78, 5) is -0.0112. The van der Waals surface area contributed by atoms with Crippen molar-refractivity contribution in [1.82, 2.24) is 0 Å². The fourth-order valence-corrected chi connectivity index (χ4v) is 3.70. The molecule has 0 aliphatic rings. The maximum Gasteiger partial charge on any atom is 0.342 e. The second kappa shape index (κ2) is 6.71. The fourth-order valence-electron chi connectivity index (χ4n) is 2.04. The van der Waals surface area contributed by atoms with Crippen LogP contribution < -0.4 is 8.92 Å². The van der Waals surface area contributed by atoms with Crippen LogP contribution in [0.2, 0.25) is 0 Å². The molecule has 2 aromatic rings. The SMILES string of the molecule is COc1ccc(Br)cc1S(=O)(=O)Oc1ccccc1C(C)C. The van der Waals surface area contributed by atoms with Crippen LogP contribution in [0.3, 0.4) is 0 Å². The molecule has 0 atom stereocenters. The monoisotopic (exact) mass is 384 g/mol. The molecule has 22 heavy (non-hydrogen) atoms. The summed E-state index contributed by atoms with van der Waals surface area (Å²) in [6.07, 6.45) is 0. The van der Waals surface area contributed by atoms with Gasteiger partial charge in [-0.3, -0.25) is 0 Å². The van der Waals surface area contributed by atoms with E-state index in [2.05, 4.69) is 15.9 Å². The van der Waals surface area contributed by atoms with Gasteiger partial charge >= 0.3 is 10.1 Å². The van der Waals surface area contributed by atoms with Crippen molar-refractivity contribution < 1.29 is 17.3 Å². The van der Waals surface area contributed by atoms with E-state index in [4.69, 9.17) is 8.92 Å². The third-order valence-corrected chi connectivity index (χ3v) is 4.89. The second-order valence-corrected chi connectivity index (χ2v) is 7.46. The molecule has 0 saturated heterocycles. The number of para-hydroxylation sites is 1. The van der Waals surface area contributed by atoms with Crippen LogP contribution in [-0.2, 0) is 10.1 Å². The summed E-state index contributed by atoms with van der Waals surface area (Å²) in [7, 11) is -2.57. The van der Waals surface area contributed by atoms with E-state index in [9.17, 15) is 8.42 Å². The molecule has 0 aliphatic heterocycles. The Kier molecular flexibility index (Phi) is 5.13. The predicted molar refractivity (Wildman–Crippen MR) is 89.0 cm³/mol. The largest absolute Gasteiger partial charge is 0.495 e. The Labute approximate surface area is 139 Å². The standard InChI is InChI=1S/C16H17BrO4S/c1-11(2)13-6-4-5-7-14(13)21-22(18,19)16-10-12(17)8-9-15(16)20-3/h4-11H,1-3H3. The van der Waals surface area contributed by atoms with E-state index < -0.39 is 10.1 Å². The van der Waals surface area contributed by atoms with Gasteiger partial charge < -0.3 is 8.92 Å². The molecule has 0 spiro atoms. The number of benzene rings is 2. The molecule has 4 nitrogen and oxygen atoms in total. The van der Waals surface area contributed by atoms with E-state index >= 15 is 0 Å². The van der Waals surface area contributed by atoms with Crippen molar-refractivity contribution >= 4 is 26.0 Å². The number of methoxy groups -OCH3 is 1. The number of hydrogen-bond donors (Lipinski definition) is 0. The highest BCUT2D eigenvalue weighted by molar-refractivity contribution is 9.10. The molecule has 0 fully saturated rings. The maximum atomic E-state index is 12.6. The van der Waals surface area contributed by atoms with E-state index in [1.54, 1.807) is 24.3 Å². The average molecular weight is 385 g/mol. The Morgan fingerprint density at radius 1 is 1.05 bits per heavy atom. The van der Waals surface area contributed by atoms with Crippen molar-refractivity contribution in [2.45, 2.75) is 24.7 Å². The molecule has 6 heteroatoms. The van der Waals surface area contributed by atoms with Crippen molar-refractivity contribution in [2.75, 3.05) is 7.11 Å². The third kappa shape index (κ3) is 3.62. The van der Waals surface area contributed by atoms with Crippen molar-refractivity contribution in [2.24, 2.45) is 0 Å². The number of halogens is 1. The second-order valence-electron chi connectivity index (χ2n) is 5.03. The average Bonchev–Trinajstić information content (AvgIpc) is 2.47. The van der Waals surface area contributed by atoms with Crippen molar-refractivity contribution in [3.05, 3.63) is 52.5 Å². The van der Waals surface area contributed by atoms with Gasteiger partial charge in [0.15, 0.2) is 0 Å². The van der Waals surface area contributed by atoms with Gasteiger partial charge in [0, 0.05) is 4.47 Å². The van der Waals surface area contributed by atoms with Gasteiger partial charge in [0.1, 0.15) is 16.4 Å². The number of rotatable bonds is 5. The van der Waals surface area contributed by atoms with Gasteiger partial charge in [0.2, 0.25) is 0 Å². The minimum absolute atomic E-state index is 0.0112. The van der Waals surface area contributed by atoms with Crippen molar-refractivity contribution in [3.63, 3.8) is 0 Å². The summed E-state index contributed by atoms with van der Waals surface area (Å²) >= 11 is 3.27. The highest BCUT2D eigenvalue weighted by atomic mass is 79.9. The zero-order valence-corrected chi connectivity index (χ0v) is 14.9. The summed E-state index contributed by atoms with van der Waals surface area (Å²) < 4.78 is 36.3. The molecule has 0 unspecified atom stereocenters. The molecule has 2 rings (SSSR count). The Bertz CT molecular complexity index is 769. The van der Waals surface area contributed by atoms with Gasteiger partial charge in [-0.2, -0.15) is 8.42 Å². The van der Waals surface area contributed by atoms with Crippen molar-refractivity contribution in [1.29, 1.82) is 0 Å². The summed E-state index contributed by atoms with van der Waals surface area (Å²) in [5.74, 6) is 0.723. The Balaban J connectivity index is 2.47. The zero-order valence-electron chi connectivity index (χ0n) is 12.5. The summed E-state index contributed by atoms with van der Waals surface area (Å²) in [5, 5.41) is 0. The lowest BCUT2D eigenvalue weighted by Gasteiger charge is -2.15. The molecule has 0 saturated carbocycles. The molecule has 2 aromatic carbocycles. The first-order valence-electron chi connectivity index (χ1n) is 6.72. The Hall–Kier alpha value is -1.53. The summed E-state index contributed by atoms with van der Waals surface area (Å²) in [6.45, 7) is 3.96. The molecule has 0 aromatic heterocycles. The Morgan fingerprint density at radius 3 is 2.36 bits per heavy atom. The molecule has 0 amide bonds. The molecule has 118 valence electrons. The number of ether oxygens (including phenoxy) is 1. The quantitative estimate of drug-likeness (QED) is 0.719. The topological polar surface area (TPSA) is 52.6 Å². The lowest BCUT2D eigenvalue weighted by atomic mass is 10.0. The molecule has 0 N–H and O–H groups in total. The molecule has 0 radical (unpaired) electrons. The van der Waals surface area contributed by atoms with E-state index in [-0.39, 0.29) is 16.6 Å². The normalized spacial score (nSPS) is 11.5. The minimum Gasteiger partial charge on any atom is -0.495 e. The lowest BCUT2D eigenvalue weighted by Crippen LogP contribution is -2.12. The lowest BCUT2D eigenvalue weighted by molar-refractivity contribution is 0.397. The fraction of sp³-hybridized carbons (Fsp3) is 0.250. The highest BCUT2D eigenvalue weighted by Gasteiger charge is 2.23.